The number of hydrogen-bond donors (Lipinski definition) is 21. The first kappa shape index (κ1) is 108. The van der Waals surface area contributed by atoms with Crippen molar-refractivity contribution in [3.8, 4) is 62.9 Å². The molecule has 145 heavy (non-hydrogen) atoms. The number of aryl methyl sites for hydroxylation is 1. The minimum absolute atomic E-state index is 0.0405. The predicted molar refractivity (Wildman–Crippen MR) is 501 cm³/mol. The number of fused-ring (bicyclic) bond motifs is 15. The number of aliphatic hydroxyl groups is 8. The number of aliphatic carboxylic acids is 1. The third-order valence-corrected chi connectivity index (χ3v) is 26.4. The van der Waals surface area contributed by atoms with Gasteiger partial charge in [-0.15, -0.1) is 13.2 Å². The van der Waals surface area contributed by atoms with Gasteiger partial charge in [-0.25, -0.2) is 9.59 Å². The number of benzene rings is 6. The van der Waals surface area contributed by atoms with E-state index in [4.69, 9.17) is 72.6 Å². The van der Waals surface area contributed by atoms with Gasteiger partial charge < -0.3 is 153 Å². The van der Waals surface area contributed by atoms with Crippen LogP contribution in [0.15, 0.2) is 139 Å². The molecular weight excluding hydrogens is 1960 g/mol. The zero-order chi connectivity index (χ0) is 105. The Morgan fingerprint density at radius 3 is 2.01 bits per heavy atom. The first-order valence-electron chi connectivity index (χ1n) is 46.2. The Morgan fingerprint density at radius 1 is 0.710 bits per heavy atom. The highest BCUT2D eigenvalue weighted by Crippen LogP contribution is 2.52. The smallest absolute Gasteiger partial charge is 0.507 e. The van der Waals surface area contributed by atoms with E-state index in [2.05, 4.69) is 51.9 Å². The number of aromatic nitrogens is 3. The van der Waals surface area contributed by atoms with Crippen LogP contribution < -0.4 is 73.3 Å². The molecule has 10 heterocycles. The lowest BCUT2D eigenvalue weighted by atomic mass is 9.84. The van der Waals surface area contributed by atoms with Gasteiger partial charge in [0, 0.05) is 85.2 Å². The number of carbonyl (C=O) groups excluding carboxylic acids is 8. The molecule has 23 N–H and O–H groups in total. The maximum Gasteiger partial charge on any atom is 0.573 e. The summed E-state index contributed by atoms with van der Waals surface area (Å²) >= 11 is 14.6. The zero-order valence-corrected chi connectivity index (χ0v) is 79.7. The first-order chi connectivity index (χ1) is 68.7. The van der Waals surface area contributed by atoms with E-state index in [0.717, 1.165) is 95.1 Å². The van der Waals surface area contributed by atoms with Crippen LogP contribution in [-0.4, -0.2) is 259 Å². The van der Waals surface area contributed by atoms with Crippen LogP contribution in [0.5, 0.6) is 51.7 Å². The van der Waals surface area contributed by atoms with Gasteiger partial charge in [-0.2, -0.15) is 4.98 Å². The average Bonchev–Trinajstić information content (AvgIpc) is 0.665. The topological polar surface area (TPSA) is 663 Å². The molecule has 23 atom stereocenters. The van der Waals surface area contributed by atoms with Crippen molar-refractivity contribution in [2.24, 2.45) is 23.3 Å². The number of ether oxygens (including phenoxy) is 9. The number of alkyl halides is 3. The van der Waals surface area contributed by atoms with Gasteiger partial charge in [0.05, 0.1) is 58.4 Å². The standard InChI is InChI=1S/C97H109Cl2F3N12O31/c1-41(2)28-57(105-5)90(132)112-74-60(118)32-49(35-68(103)120)88(130)110-72-48-33-65(138-62-17-12-46(76(74)121)30-55(62)98)84(143-94-82(127)80(125)85(67(40-115)141-94)144-93-81(126)79(124)78(123)64(140-93)8-6-7-26-114-27-22-69(109-95(114)136)108-87(129)44-9-14-50(15-10-44)145-97(100,101)102)66(34-48)139-63-18-13-47(31-56(63)99)83(142-70-38-96(4,104)86(128)42(3)137-70)75-91(133)111-73(92(134)135)53-37-59(117)54(39-107-25-21-43-19-23-106-24-20-43)77(122)71(53)52-29-45(11-16-58(52)116)51(36-61(72)119)89(131)113-75/h9-20,22-24,27,29-31,33-34,37,41-42,49,51,57,64,67,70,72-76,78-83,85-86,93-94,105,107,115-117,121-128H,6-8,21,25-26,28,32,35-36,38-40,104H2,1-5H3,(H2,103,120)(H,110,130)(H,111,133)(H,112,132)(H,113,131)(H,134,135)(H,108,109,129,136)/t42-,49-,51+,57+,64+,67+,70?,72+,73+,74?,75-,76+,78-,79-,80+,81+,82+,83+,85+,86-,93-,94-,96-/m0/s1. The summed E-state index contributed by atoms with van der Waals surface area (Å²) in [6.07, 6.45) is -32.3. The second-order valence-corrected chi connectivity index (χ2v) is 37.6. The number of rotatable bonds is 28. The van der Waals surface area contributed by atoms with Gasteiger partial charge in [-0.3, -0.25) is 47.9 Å². The van der Waals surface area contributed by atoms with E-state index in [1.807, 2.05) is 0 Å². The van der Waals surface area contributed by atoms with Crippen LogP contribution in [0.1, 0.15) is 159 Å². The van der Waals surface area contributed by atoms with Crippen molar-refractivity contribution in [3.63, 3.8) is 0 Å². The number of primary amides is 1. The van der Waals surface area contributed by atoms with E-state index in [-0.39, 0.29) is 91.3 Å². The van der Waals surface area contributed by atoms with Crippen molar-refractivity contribution < 1.29 is 160 Å². The van der Waals surface area contributed by atoms with E-state index < -0.39 is 315 Å². The molecule has 0 spiro atoms. The molecule has 43 nitrogen and oxygen atoms in total. The van der Waals surface area contributed by atoms with Crippen molar-refractivity contribution >= 4 is 82.0 Å². The van der Waals surface area contributed by atoms with Crippen molar-refractivity contribution in [3.05, 3.63) is 199 Å². The van der Waals surface area contributed by atoms with Crippen LogP contribution in [0, 0.1) is 11.8 Å². The maximum atomic E-state index is 16.8. The number of carboxylic acid groups (broad SMARTS) is 1. The van der Waals surface area contributed by atoms with Crippen LogP contribution in [0.25, 0.3) is 11.1 Å². The van der Waals surface area contributed by atoms with Crippen LogP contribution in [0.2, 0.25) is 10.0 Å². The predicted octanol–water partition coefficient (Wildman–Crippen LogP) is 4.22. The Hall–Kier alpha value is -12.7. The summed E-state index contributed by atoms with van der Waals surface area (Å²) in [7, 11) is 1.46. The molecule has 2 unspecified atom stereocenters. The number of amides is 6. The highest BCUT2D eigenvalue weighted by Gasteiger charge is 2.54. The van der Waals surface area contributed by atoms with Gasteiger partial charge in [0.2, 0.25) is 41.6 Å². The maximum absolute atomic E-state index is 16.8. The van der Waals surface area contributed by atoms with Crippen LogP contribution in [0.3, 0.4) is 0 Å². The summed E-state index contributed by atoms with van der Waals surface area (Å²) in [5.41, 5.74) is 7.86. The van der Waals surface area contributed by atoms with Crippen molar-refractivity contribution in [1.29, 1.82) is 0 Å². The Morgan fingerprint density at radius 2 is 1.37 bits per heavy atom. The Balaban J connectivity index is 0.874. The number of halogens is 5. The first-order valence-corrected chi connectivity index (χ1v) is 46.9. The van der Waals surface area contributed by atoms with Crippen molar-refractivity contribution in [2.75, 3.05) is 25.5 Å². The number of nitrogens with zero attached hydrogens (tertiary/aromatic N) is 3. The molecule has 2 aromatic heterocycles. The van der Waals surface area contributed by atoms with Crippen molar-refractivity contribution in [2.45, 2.75) is 239 Å². The molecule has 8 aromatic rings. The number of carbonyl (C=O) groups is 9. The van der Waals surface area contributed by atoms with E-state index in [1.165, 1.54) is 45.3 Å². The van der Waals surface area contributed by atoms with Gasteiger partial charge in [0.15, 0.2) is 41.7 Å². The molecule has 0 aliphatic carbocycles. The molecule has 0 saturated carbocycles. The minimum atomic E-state index is -4.99. The van der Waals surface area contributed by atoms with Crippen molar-refractivity contribution in [1.82, 2.24) is 46.4 Å². The van der Waals surface area contributed by atoms with Gasteiger partial charge in [0.25, 0.3) is 5.91 Å². The summed E-state index contributed by atoms with van der Waals surface area (Å²) in [4.78, 5) is 157. The molecule has 3 saturated heterocycles. The largest absolute Gasteiger partial charge is 0.573 e. The molecule has 8 aliphatic heterocycles. The number of likely N-dealkylation sites (N-methyl/N-ethyl adjacent to an activating group) is 1. The number of nitrogens with one attached hydrogen (secondary N) is 7. The molecule has 3 fully saturated rings. The van der Waals surface area contributed by atoms with Gasteiger partial charge >= 0.3 is 18.0 Å². The number of aliphatic hydroxyl groups excluding tert-OH is 8. The zero-order valence-electron chi connectivity index (χ0n) is 78.2. The fraction of sp³-hybridized carbons (Fsp3) is 0.443. The highest BCUT2D eigenvalue weighted by atomic mass is 35.5. The highest BCUT2D eigenvalue weighted by molar-refractivity contribution is 6.32. The van der Waals surface area contributed by atoms with Crippen LogP contribution in [0.4, 0.5) is 19.0 Å². The second kappa shape index (κ2) is 45.9. The Labute approximate surface area is 833 Å². The molecular formula is C97H109Cl2F3N12O31. The monoisotopic (exact) mass is 2060 g/mol. The molecule has 0 radical (unpaired) electrons. The molecule has 6 aromatic carbocycles. The number of unbranched alkanes of at least 4 members (excludes halogenated alkanes) is 1. The van der Waals surface area contributed by atoms with Gasteiger partial charge in [0.1, 0.15) is 113 Å². The molecule has 11 bridgehead atoms. The molecule has 6 amide bonds. The Kier molecular flexibility index (Phi) is 34.2. The molecule has 778 valence electrons. The lowest BCUT2D eigenvalue weighted by Gasteiger charge is -2.46. The van der Waals surface area contributed by atoms with Gasteiger partial charge in [-0.1, -0.05) is 55.2 Å². The summed E-state index contributed by atoms with van der Waals surface area (Å²) in [6, 6.07) is 11.8. The molecule has 48 heteroatoms. The third kappa shape index (κ3) is 25.2. The summed E-state index contributed by atoms with van der Waals surface area (Å²) in [5, 5.41) is 161. The number of phenols is 3. The summed E-state index contributed by atoms with van der Waals surface area (Å²) < 4.78 is 94.8. The number of pyridine rings is 1. The number of aromatic hydroxyl groups is 3. The van der Waals surface area contributed by atoms with E-state index in [1.54, 1.807) is 38.4 Å². The lowest BCUT2D eigenvalue weighted by molar-refractivity contribution is -0.351. The van der Waals surface area contributed by atoms with E-state index in [9.17, 15) is 98.4 Å². The fourth-order valence-corrected chi connectivity index (χ4v) is 18.6. The third-order valence-electron chi connectivity index (χ3n) is 25.8. The number of Topliss-reactive ketones (excluding diaryl/α,β-unsaturated/α-hetero) is 2. The SMILES string of the molecule is CN[C@H](CC(C)C)C(=O)NC1C(=O)C[C@@H](CC(N)=O)C(=O)N[C@H]2C(=O)C[C@H]3C(=O)N[C@H](C(=O)N[C@@H](C(=O)O)c4cc(O)c(CNCCc5ccncc5)c(O)c4-c4cc3ccc4O)[C@H](OC3C[C@](C)(N)[C@@H](O)[C@H](C)O3)c3ccc(c(Cl)c3)Oc3cc2cc(c3O[C@@H]2O[C@H](CO)[C@@H](O[C@@H]3O[C@H](CCCCn4ccc(NC(=O)c5ccc(OC(F)(F)F)cc5)nc4=O)[C@H](O)[C@H](O)[C@H]3O)[C@H](O)[C@H]2O)Oc2ccc(cc2Cl)[C@H]1O. The average molecular weight is 2070 g/mol. The summed E-state index contributed by atoms with van der Waals surface area (Å²) in [5.74, 6) is -21.7. The van der Waals surface area contributed by atoms with Crippen LogP contribution in [-0.2, 0) is 81.6 Å². The Bertz CT molecular complexity index is 6200. The summed E-state index contributed by atoms with van der Waals surface area (Å²) in [6.45, 7) is 5.15. The van der Waals surface area contributed by atoms with Crippen LogP contribution >= 0.6 is 23.2 Å². The molecule has 8 aliphatic rings. The number of hydrogen-bond acceptors (Lipinski definition) is 35. The minimum Gasteiger partial charge on any atom is -0.507 e. The normalized spacial score (nSPS) is 27.4. The number of anilines is 1. The number of ketones is 2. The quantitative estimate of drug-likeness (QED) is 0.0305. The number of carboxylic acids is 1. The number of nitrogens with two attached hydrogens (primary N) is 2. The number of phenolic OH excluding ortho intramolecular Hbond substituents is 3. The van der Waals surface area contributed by atoms with Gasteiger partial charge in [-0.05, 0) is 190 Å². The van der Waals surface area contributed by atoms with E-state index >= 15 is 24.0 Å². The molecule has 16 rings (SSSR count). The second-order valence-electron chi connectivity index (χ2n) is 36.8. The fourth-order valence-electron chi connectivity index (χ4n) is 18.1. The van der Waals surface area contributed by atoms with E-state index in [0.29, 0.717) is 6.42 Å². The lowest BCUT2D eigenvalue weighted by Crippen LogP contribution is -2.64.